The largest absolute Gasteiger partial charge is 0.490 e. The third kappa shape index (κ3) is 4.26. The molecule has 3 fully saturated rings. The molecule has 0 unspecified atom stereocenters. The van der Waals surface area contributed by atoms with Crippen LogP contribution in [0, 0.1) is 11.8 Å². The zero-order chi connectivity index (χ0) is 27.1. The number of rotatable bonds is 3. The molecule has 4 atom stereocenters. The fourth-order valence-electron chi connectivity index (χ4n) is 5.85. The number of fused-ring (bicyclic) bond motifs is 3. The number of hydrogen-bond acceptors (Lipinski definition) is 6. The van der Waals surface area contributed by atoms with E-state index >= 15 is 0 Å². The number of methoxy groups -OCH3 is 1. The molecule has 196 valence electrons. The van der Waals surface area contributed by atoms with Gasteiger partial charge in [-0.25, -0.2) is 4.79 Å². The second-order valence-electron chi connectivity index (χ2n) is 9.19. The number of carboxylic acid groups (broad SMARTS) is 1. The number of aliphatic carboxylic acids is 1. The summed E-state index contributed by atoms with van der Waals surface area (Å²) < 4.78 is 36.9. The monoisotopic (exact) mass is 518 g/mol. The van der Waals surface area contributed by atoms with Crippen molar-refractivity contribution in [1.29, 1.82) is 0 Å². The highest BCUT2D eigenvalue weighted by atomic mass is 19.4. The number of ether oxygens (including phenoxy) is 1. The molecule has 0 aliphatic carbocycles. The van der Waals surface area contributed by atoms with Crippen molar-refractivity contribution in [3.63, 3.8) is 0 Å². The summed E-state index contributed by atoms with van der Waals surface area (Å²) in [6, 6.07) is 17.9. The fraction of sp³-hybridized carbons (Fsp3) is 0.385. The lowest BCUT2D eigenvalue weighted by Gasteiger charge is -2.35. The molecule has 2 aromatic carbocycles. The van der Waals surface area contributed by atoms with Crippen LogP contribution in [0.4, 0.5) is 13.2 Å². The molecule has 3 aliphatic rings. The van der Waals surface area contributed by atoms with Crippen LogP contribution < -0.4 is 0 Å². The Bertz CT molecular complexity index is 1220. The maximum absolute atomic E-state index is 13.1. The van der Waals surface area contributed by atoms with Gasteiger partial charge in [-0.05, 0) is 36.1 Å². The second-order valence-corrected chi connectivity index (χ2v) is 9.19. The molecule has 3 aliphatic heterocycles. The first-order valence-corrected chi connectivity index (χ1v) is 11.6. The minimum atomic E-state index is -5.08. The lowest BCUT2D eigenvalue weighted by Crippen LogP contribution is -2.54. The van der Waals surface area contributed by atoms with Crippen LogP contribution in [0.2, 0.25) is 0 Å². The summed E-state index contributed by atoms with van der Waals surface area (Å²) in [4.78, 5) is 51.3. The molecule has 0 spiro atoms. The van der Waals surface area contributed by atoms with E-state index in [-0.39, 0.29) is 17.9 Å². The number of carbonyl (C=O) groups excluding carboxylic acids is 3. The standard InChI is InChI=1S/C24H24N2O4.C2HF3O2/c1-25-21(27)18-19(22(25)28)24(23(29)30-2)13-6-14-26(24)20(18)17-11-9-16(10-12-17)15-7-4-3-5-8-15;3-2(4,5)1(6)7/h3-5,7-12,18-20H,6,13-14H2,1-2H3;(H,6,7)/t18-,19-,20+,24-;/m0./s1. The Hall–Kier alpha value is -3.73. The van der Waals surface area contributed by atoms with Crippen molar-refractivity contribution in [1.82, 2.24) is 9.80 Å². The van der Waals surface area contributed by atoms with Gasteiger partial charge in [0.05, 0.1) is 18.9 Å². The summed E-state index contributed by atoms with van der Waals surface area (Å²) in [6.07, 6.45) is -3.76. The molecule has 5 rings (SSSR count). The van der Waals surface area contributed by atoms with Crippen LogP contribution >= 0.6 is 0 Å². The molecule has 0 radical (unpaired) electrons. The lowest BCUT2D eigenvalue weighted by atomic mass is 9.77. The summed E-state index contributed by atoms with van der Waals surface area (Å²) >= 11 is 0. The Labute approximate surface area is 210 Å². The summed E-state index contributed by atoms with van der Waals surface area (Å²) in [5, 5.41) is 7.12. The van der Waals surface area contributed by atoms with E-state index in [0.717, 1.165) is 23.1 Å². The van der Waals surface area contributed by atoms with E-state index in [0.29, 0.717) is 13.0 Å². The Morgan fingerprint density at radius 3 is 2.11 bits per heavy atom. The average molecular weight is 518 g/mol. The van der Waals surface area contributed by atoms with Crippen LogP contribution in [0.5, 0.6) is 0 Å². The highest BCUT2D eigenvalue weighted by molar-refractivity contribution is 6.09. The first-order chi connectivity index (χ1) is 17.4. The summed E-state index contributed by atoms with van der Waals surface area (Å²) in [5.41, 5.74) is 2.10. The zero-order valence-electron chi connectivity index (χ0n) is 20.1. The number of halogens is 3. The molecule has 0 aromatic heterocycles. The molecule has 1 N–H and O–H groups in total. The number of alkyl halides is 3. The number of carboxylic acids is 1. The summed E-state index contributed by atoms with van der Waals surface area (Å²) in [5.74, 6) is -4.90. The highest BCUT2D eigenvalue weighted by Crippen LogP contribution is 2.59. The van der Waals surface area contributed by atoms with Crippen molar-refractivity contribution in [2.75, 3.05) is 20.7 Å². The van der Waals surface area contributed by atoms with Crippen LogP contribution in [0.3, 0.4) is 0 Å². The van der Waals surface area contributed by atoms with Gasteiger partial charge < -0.3 is 9.84 Å². The molecule has 37 heavy (non-hydrogen) atoms. The summed E-state index contributed by atoms with van der Waals surface area (Å²) in [7, 11) is 2.87. The van der Waals surface area contributed by atoms with Gasteiger partial charge in [0.15, 0.2) is 0 Å². The van der Waals surface area contributed by atoms with Crippen LogP contribution in [-0.2, 0) is 23.9 Å². The average Bonchev–Trinajstić information content (AvgIpc) is 3.50. The smallest absolute Gasteiger partial charge is 0.475 e. The first kappa shape index (κ1) is 26.3. The Morgan fingerprint density at radius 1 is 1.00 bits per heavy atom. The molecule has 0 saturated carbocycles. The van der Waals surface area contributed by atoms with Gasteiger partial charge in [-0.15, -0.1) is 0 Å². The van der Waals surface area contributed by atoms with E-state index in [1.54, 1.807) is 0 Å². The van der Waals surface area contributed by atoms with Gasteiger partial charge >= 0.3 is 18.1 Å². The van der Waals surface area contributed by atoms with Crippen molar-refractivity contribution in [3.05, 3.63) is 60.2 Å². The number of likely N-dealkylation sites (tertiary alicyclic amines) is 1. The number of nitrogens with zero attached hydrogens (tertiary/aromatic N) is 2. The molecular weight excluding hydrogens is 493 g/mol. The molecular formula is C26H25F3N2O6. The fourth-order valence-corrected chi connectivity index (χ4v) is 5.85. The topological polar surface area (TPSA) is 104 Å². The van der Waals surface area contributed by atoms with E-state index in [1.807, 2.05) is 42.5 Å². The van der Waals surface area contributed by atoms with Crippen molar-refractivity contribution < 1.29 is 42.2 Å². The number of hydrogen-bond donors (Lipinski definition) is 1. The highest BCUT2D eigenvalue weighted by Gasteiger charge is 2.72. The molecule has 2 aromatic rings. The minimum absolute atomic E-state index is 0.209. The predicted octanol–water partition coefficient (Wildman–Crippen LogP) is 3.28. The zero-order valence-corrected chi connectivity index (χ0v) is 20.1. The van der Waals surface area contributed by atoms with Gasteiger partial charge in [0.1, 0.15) is 5.54 Å². The lowest BCUT2D eigenvalue weighted by molar-refractivity contribution is -0.192. The molecule has 8 nitrogen and oxygen atoms in total. The van der Waals surface area contributed by atoms with Gasteiger partial charge in [0.2, 0.25) is 11.8 Å². The van der Waals surface area contributed by atoms with Crippen molar-refractivity contribution in [2.24, 2.45) is 11.8 Å². The number of imide groups is 1. The van der Waals surface area contributed by atoms with Crippen LogP contribution in [-0.4, -0.2) is 71.1 Å². The van der Waals surface area contributed by atoms with Gasteiger partial charge in [-0.2, -0.15) is 13.2 Å². The Morgan fingerprint density at radius 2 is 1.57 bits per heavy atom. The Kier molecular flexibility index (Phi) is 6.85. The number of amides is 2. The van der Waals surface area contributed by atoms with Crippen LogP contribution in [0.25, 0.3) is 11.1 Å². The van der Waals surface area contributed by atoms with Crippen LogP contribution in [0.1, 0.15) is 24.4 Å². The second kappa shape index (κ2) is 9.62. The molecule has 3 heterocycles. The number of carbonyl (C=O) groups is 4. The van der Waals surface area contributed by atoms with E-state index < -0.39 is 35.5 Å². The first-order valence-electron chi connectivity index (χ1n) is 11.6. The van der Waals surface area contributed by atoms with E-state index in [1.165, 1.54) is 19.1 Å². The van der Waals surface area contributed by atoms with Gasteiger partial charge in [-0.1, -0.05) is 54.6 Å². The molecule has 11 heteroatoms. The quantitative estimate of drug-likeness (QED) is 0.491. The molecule has 3 saturated heterocycles. The Balaban J connectivity index is 0.000000405. The van der Waals surface area contributed by atoms with Gasteiger partial charge in [-0.3, -0.25) is 24.2 Å². The van der Waals surface area contributed by atoms with E-state index in [4.69, 9.17) is 14.6 Å². The SMILES string of the molecule is COC(=O)[C@@]12CCCN1[C@H](c1ccc(-c3ccccc3)cc1)[C@H]1C(=O)N(C)C(=O)[C@H]12.O=C(O)C(F)(F)F. The maximum Gasteiger partial charge on any atom is 0.490 e. The predicted molar refractivity (Wildman–Crippen MR) is 124 cm³/mol. The summed E-state index contributed by atoms with van der Waals surface area (Å²) in [6.45, 7) is 0.664. The molecule has 0 bridgehead atoms. The third-order valence-electron chi connectivity index (χ3n) is 7.37. The minimum Gasteiger partial charge on any atom is -0.475 e. The number of esters is 1. The van der Waals surface area contributed by atoms with Crippen LogP contribution in [0.15, 0.2) is 54.6 Å². The van der Waals surface area contributed by atoms with Gasteiger partial charge in [0, 0.05) is 13.1 Å². The van der Waals surface area contributed by atoms with E-state index in [2.05, 4.69) is 17.0 Å². The third-order valence-corrected chi connectivity index (χ3v) is 7.37. The normalized spacial score (nSPS) is 26.8. The number of benzene rings is 2. The van der Waals surface area contributed by atoms with Crippen molar-refractivity contribution >= 4 is 23.8 Å². The molecule has 2 amide bonds. The maximum atomic E-state index is 13.1. The van der Waals surface area contributed by atoms with Crippen molar-refractivity contribution in [3.8, 4) is 11.1 Å². The van der Waals surface area contributed by atoms with Gasteiger partial charge in [0.25, 0.3) is 0 Å². The van der Waals surface area contributed by atoms with Crippen molar-refractivity contribution in [2.45, 2.75) is 30.6 Å². The van der Waals surface area contributed by atoms with E-state index in [9.17, 15) is 27.6 Å².